The summed E-state index contributed by atoms with van der Waals surface area (Å²) in [5.74, 6) is 0.979. The normalized spacial score (nSPS) is 17.5. The second kappa shape index (κ2) is 9.88. The van der Waals surface area contributed by atoms with Gasteiger partial charge in [-0.15, -0.1) is 0 Å². The predicted molar refractivity (Wildman–Crippen MR) is 139 cm³/mol. The van der Waals surface area contributed by atoms with Crippen LogP contribution in [0, 0.1) is 18.7 Å². The third kappa shape index (κ3) is 4.95. The number of aryl methyl sites for hydroxylation is 1. The first-order valence-electron chi connectivity index (χ1n) is 12.0. The van der Waals surface area contributed by atoms with Crippen LogP contribution in [0.3, 0.4) is 0 Å². The molecular formula is C27H27FN6O3. The van der Waals surface area contributed by atoms with Crippen LogP contribution in [0.15, 0.2) is 54.9 Å². The first-order chi connectivity index (χ1) is 17.8. The molecule has 10 heteroatoms. The topological polar surface area (TPSA) is 126 Å². The summed E-state index contributed by atoms with van der Waals surface area (Å²) in [6.45, 7) is 4.79. The van der Waals surface area contributed by atoms with Gasteiger partial charge in [0.2, 0.25) is 11.8 Å². The molecule has 4 N–H and O–H groups in total. The number of pyridine rings is 1. The maximum atomic E-state index is 14.1. The number of amides is 1. The average Bonchev–Trinajstić information content (AvgIpc) is 2.88. The van der Waals surface area contributed by atoms with Crippen LogP contribution in [0.25, 0.3) is 22.0 Å². The van der Waals surface area contributed by atoms with Crippen molar-refractivity contribution in [3.8, 4) is 22.9 Å². The summed E-state index contributed by atoms with van der Waals surface area (Å²) in [6.07, 6.45) is 3.13. The lowest BCUT2D eigenvalue weighted by Gasteiger charge is -2.35. The summed E-state index contributed by atoms with van der Waals surface area (Å²) in [5.41, 5.74) is 8.11. The largest absolute Gasteiger partial charge is 0.465 e. The van der Waals surface area contributed by atoms with Gasteiger partial charge in [-0.2, -0.15) is 0 Å². The Morgan fingerprint density at radius 1 is 1.14 bits per heavy atom. The summed E-state index contributed by atoms with van der Waals surface area (Å²) in [5, 5.41) is 13.9. The van der Waals surface area contributed by atoms with E-state index in [2.05, 4.69) is 20.3 Å². The molecule has 1 fully saturated rings. The number of likely N-dealkylation sites (tertiary alicyclic amines) is 1. The summed E-state index contributed by atoms with van der Waals surface area (Å²) in [4.78, 5) is 26.3. The monoisotopic (exact) mass is 502 g/mol. The molecule has 1 saturated heterocycles. The molecule has 1 aliphatic rings. The van der Waals surface area contributed by atoms with Gasteiger partial charge in [0.25, 0.3) is 0 Å². The lowest BCUT2D eigenvalue weighted by atomic mass is 9.96. The molecule has 0 radical (unpaired) electrons. The van der Waals surface area contributed by atoms with Crippen molar-refractivity contribution in [3.63, 3.8) is 0 Å². The molecule has 1 amide bonds. The number of ether oxygens (including phenoxy) is 1. The van der Waals surface area contributed by atoms with E-state index in [1.165, 1.54) is 11.0 Å². The van der Waals surface area contributed by atoms with E-state index in [4.69, 9.17) is 10.5 Å². The van der Waals surface area contributed by atoms with Crippen molar-refractivity contribution in [2.75, 3.05) is 24.1 Å². The highest BCUT2D eigenvalue weighted by Gasteiger charge is 2.28. The first kappa shape index (κ1) is 24.2. The highest BCUT2D eigenvalue weighted by molar-refractivity contribution is 5.98. The molecule has 0 spiro atoms. The minimum absolute atomic E-state index is 0.0635. The zero-order valence-corrected chi connectivity index (χ0v) is 20.5. The van der Waals surface area contributed by atoms with E-state index in [9.17, 15) is 14.3 Å². The molecule has 2 aromatic carbocycles. The Morgan fingerprint density at radius 3 is 2.76 bits per heavy atom. The maximum absolute atomic E-state index is 14.1. The second-order valence-corrected chi connectivity index (χ2v) is 9.36. The standard InChI is InChI=1S/C27H27FN6O3/c1-15-12-17(14-34(13-15)27(35)36)32-26-31-11-9-22(33-26)20-4-3-10-30-25(20)37-24-16(2)5-6-18-19(24)7-8-21(28)23(18)29/h3-11,15,17H,12-14,29H2,1-2H3,(H,35,36)(H,31,32,33)/t15-,17?/m1/s1. The molecule has 37 heavy (non-hydrogen) atoms. The molecule has 5 rings (SSSR count). The van der Waals surface area contributed by atoms with Crippen LogP contribution >= 0.6 is 0 Å². The fraction of sp³-hybridized carbons (Fsp3) is 0.259. The summed E-state index contributed by atoms with van der Waals surface area (Å²) < 4.78 is 20.4. The number of nitrogen functional groups attached to an aromatic ring is 1. The van der Waals surface area contributed by atoms with Crippen molar-refractivity contribution < 1.29 is 19.0 Å². The SMILES string of the molecule is Cc1ccc2c(N)c(F)ccc2c1Oc1ncccc1-c1ccnc(NC2C[C@@H](C)CN(C(=O)O)C2)n1. The van der Waals surface area contributed by atoms with Gasteiger partial charge < -0.3 is 25.8 Å². The number of aromatic nitrogens is 3. The number of nitrogens with two attached hydrogens (primary N) is 1. The number of carboxylic acid groups (broad SMARTS) is 1. The fourth-order valence-electron chi connectivity index (χ4n) is 4.76. The fourth-order valence-corrected chi connectivity index (χ4v) is 4.76. The Balaban J connectivity index is 1.46. The molecule has 0 saturated carbocycles. The number of halogens is 1. The van der Waals surface area contributed by atoms with E-state index < -0.39 is 11.9 Å². The van der Waals surface area contributed by atoms with Crippen LogP contribution < -0.4 is 15.8 Å². The molecule has 1 unspecified atom stereocenters. The zero-order chi connectivity index (χ0) is 26.1. The Morgan fingerprint density at radius 2 is 1.95 bits per heavy atom. The summed E-state index contributed by atoms with van der Waals surface area (Å²) in [7, 11) is 0. The van der Waals surface area contributed by atoms with Crippen LogP contribution in [-0.2, 0) is 0 Å². The van der Waals surface area contributed by atoms with Gasteiger partial charge in [0.1, 0.15) is 11.6 Å². The number of rotatable bonds is 5. The molecule has 3 heterocycles. The Bertz CT molecular complexity index is 1480. The molecule has 190 valence electrons. The van der Waals surface area contributed by atoms with E-state index >= 15 is 0 Å². The lowest BCUT2D eigenvalue weighted by Crippen LogP contribution is -2.47. The van der Waals surface area contributed by atoms with E-state index in [0.29, 0.717) is 52.7 Å². The van der Waals surface area contributed by atoms with Crippen molar-refractivity contribution in [1.29, 1.82) is 0 Å². The molecular weight excluding hydrogens is 475 g/mol. The first-order valence-corrected chi connectivity index (χ1v) is 12.0. The average molecular weight is 503 g/mol. The summed E-state index contributed by atoms with van der Waals surface area (Å²) >= 11 is 0. The highest BCUT2D eigenvalue weighted by Crippen LogP contribution is 2.38. The van der Waals surface area contributed by atoms with Crippen LogP contribution in [-0.4, -0.2) is 50.2 Å². The van der Waals surface area contributed by atoms with Gasteiger partial charge in [-0.1, -0.05) is 19.1 Å². The van der Waals surface area contributed by atoms with E-state index in [0.717, 1.165) is 12.0 Å². The minimum atomic E-state index is -0.932. The van der Waals surface area contributed by atoms with Crippen LogP contribution in [0.2, 0.25) is 0 Å². The molecule has 0 bridgehead atoms. The lowest BCUT2D eigenvalue weighted by molar-refractivity contribution is 0.119. The minimum Gasteiger partial charge on any atom is -0.465 e. The van der Waals surface area contributed by atoms with Gasteiger partial charge in [-0.25, -0.2) is 24.1 Å². The number of carbonyl (C=O) groups is 1. The molecule has 4 aromatic rings. The van der Waals surface area contributed by atoms with Crippen molar-refractivity contribution in [2.24, 2.45) is 5.92 Å². The van der Waals surface area contributed by atoms with E-state index in [1.54, 1.807) is 36.7 Å². The van der Waals surface area contributed by atoms with Gasteiger partial charge >= 0.3 is 6.09 Å². The van der Waals surface area contributed by atoms with Gasteiger partial charge in [0, 0.05) is 42.3 Å². The Hall–Kier alpha value is -4.47. The molecule has 2 aromatic heterocycles. The second-order valence-electron chi connectivity index (χ2n) is 9.36. The number of anilines is 2. The van der Waals surface area contributed by atoms with E-state index in [-0.39, 0.29) is 17.6 Å². The van der Waals surface area contributed by atoms with Gasteiger partial charge in [-0.3, -0.25) is 0 Å². The third-order valence-electron chi connectivity index (χ3n) is 6.50. The molecule has 2 atom stereocenters. The number of nitrogens with one attached hydrogen (secondary N) is 1. The number of hydrogen-bond donors (Lipinski definition) is 3. The van der Waals surface area contributed by atoms with Crippen LogP contribution in [0.4, 0.5) is 20.8 Å². The Kier molecular flexibility index (Phi) is 6.47. The third-order valence-corrected chi connectivity index (χ3v) is 6.50. The van der Waals surface area contributed by atoms with Crippen molar-refractivity contribution in [1.82, 2.24) is 19.9 Å². The van der Waals surface area contributed by atoms with Gasteiger partial charge in [0.05, 0.1) is 16.9 Å². The molecule has 1 aliphatic heterocycles. The van der Waals surface area contributed by atoms with E-state index in [1.807, 2.05) is 26.0 Å². The smallest absolute Gasteiger partial charge is 0.407 e. The quantitative estimate of drug-likeness (QED) is 0.313. The van der Waals surface area contributed by atoms with Crippen molar-refractivity contribution >= 4 is 28.5 Å². The maximum Gasteiger partial charge on any atom is 0.407 e. The van der Waals surface area contributed by atoms with Crippen molar-refractivity contribution in [2.45, 2.75) is 26.3 Å². The van der Waals surface area contributed by atoms with Crippen LogP contribution in [0.5, 0.6) is 11.6 Å². The number of piperidine rings is 1. The Labute approximate surface area is 213 Å². The van der Waals surface area contributed by atoms with Crippen molar-refractivity contribution in [3.05, 3.63) is 66.2 Å². The predicted octanol–water partition coefficient (Wildman–Crippen LogP) is 5.31. The number of nitrogens with zero attached hydrogens (tertiary/aromatic N) is 4. The number of hydrogen-bond acceptors (Lipinski definition) is 7. The van der Waals surface area contributed by atoms with Gasteiger partial charge in [0.15, 0.2) is 0 Å². The number of benzene rings is 2. The van der Waals surface area contributed by atoms with Crippen LogP contribution in [0.1, 0.15) is 18.9 Å². The highest BCUT2D eigenvalue weighted by atomic mass is 19.1. The summed E-state index contributed by atoms with van der Waals surface area (Å²) in [6, 6.07) is 11.8. The van der Waals surface area contributed by atoms with Gasteiger partial charge in [-0.05, 0) is 55.2 Å². The number of fused-ring (bicyclic) bond motifs is 1. The molecule has 9 nitrogen and oxygen atoms in total. The molecule has 0 aliphatic carbocycles. The zero-order valence-electron chi connectivity index (χ0n) is 20.5.